The molecule has 2 aromatic rings. The molecule has 0 bridgehead atoms. The van der Waals surface area contributed by atoms with E-state index in [2.05, 4.69) is 68.1 Å². The highest BCUT2D eigenvalue weighted by molar-refractivity contribution is 5.45. The third-order valence-electron chi connectivity index (χ3n) is 2.69. The van der Waals surface area contributed by atoms with Crippen molar-refractivity contribution < 1.29 is 0 Å². The van der Waals surface area contributed by atoms with Crippen LogP contribution in [0.15, 0.2) is 42.7 Å². The summed E-state index contributed by atoms with van der Waals surface area (Å²) >= 11 is 0. The van der Waals surface area contributed by atoms with Gasteiger partial charge in [0.25, 0.3) is 0 Å². The normalized spacial score (nSPS) is 10.9. The molecule has 0 saturated heterocycles. The van der Waals surface area contributed by atoms with Gasteiger partial charge in [-0.05, 0) is 36.6 Å². The summed E-state index contributed by atoms with van der Waals surface area (Å²) in [6.07, 6.45) is 4.19. The smallest absolute Gasteiger partial charge is 0.0484 e. The molecule has 0 spiro atoms. The average molecular weight is 199 g/mol. The van der Waals surface area contributed by atoms with Gasteiger partial charge < -0.3 is 4.57 Å². The van der Waals surface area contributed by atoms with E-state index < -0.39 is 0 Å². The molecule has 1 nitrogen and oxygen atoms in total. The maximum atomic E-state index is 2.28. The van der Waals surface area contributed by atoms with E-state index in [1.165, 1.54) is 16.8 Å². The molecule has 0 unspecified atom stereocenters. The summed E-state index contributed by atoms with van der Waals surface area (Å²) in [4.78, 5) is 0. The number of hydrogen-bond acceptors (Lipinski definition) is 0. The lowest BCUT2D eigenvalue weighted by Crippen LogP contribution is -1.99. The maximum absolute atomic E-state index is 2.28. The van der Waals surface area contributed by atoms with Crippen LogP contribution in [-0.2, 0) is 0 Å². The monoisotopic (exact) mass is 199 g/mol. The zero-order valence-corrected chi connectivity index (χ0v) is 9.57. The lowest BCUT2D eigenvalue weighted by atomic mass is 9.99. The highest BCUT2D eigenvalue weighted by atomic mass is 14.9. The Hall–Kier alpha value is -1.50. The van der Waals surface area contributed by atoms with E-state index >= 15 is 0 Å². The van der Waals surface area contributed by atoms with Crippen LogP contribution in [0.4, 0.5) is 0 Å². The number of hydrogen-bond donors (Lipinski definition) is 0. The van der Waals surface area contributed by atoms with E-state index in [-0.39, 0.29) is 0 Å². The Morgan fingerprint density at radius 2 is 1.73 bits per heavy atom. The summed E-state index contributed by atoms with van der Waals surface area (Å²) in [6, 6.07) is 10.8. The second-order valence-corrected chi connectivity index (χ2v) is 4.31. The van der Waals surface area contributed by atoms with Crippen molar-refractivity contribution in [3.05, 3.63) is 53.9 Å². The van der Waals surface area contributed by atoms with Crippen molar-refractivity contribution >= 4 is 0 Å². The second-order valence-electron chi connectivity index (χ2n) is 4.31. The third kappa shape index (κ3) is 1.96. The van der Waals surface area contributed by atoms with Crippen molar-refractivity contribution in [1.29, 1.82) is 0 Å². The van der Waals surface area contributed by atoms with Crippen LogP contribution < -0.4 is 0 Å². The Labute approximate surface area is 91.4 Å². The Balaban J connectivity index is 2.56. The third-order valence-corrected chi connectivity index (χ3v) is 2.69. The van der Waals surface area contributed by atoms with Crippen LogP contribution in [0.25, 0.3) is 5.69 Å². The first-order valence-electron chi connectivity index (χ1n) is 5.42. The molecular weight excluding hydrogens is 182 g/mol. The summed E-state index contributed by atoms with van der Waals surface area (Å²) < 4.78 is 2.18. The molecule has 78 valence electrons. The number of rotatable bonds is 2. The fraction of sp³-hybridized carbons (Fsp3) is 0.286. The molecule has 0 aliphatic rings. The average Bonchev–Trinajstić information content (AvgIpc) is 2.70. The first-order valence-corrected chi connectivity index (χ1v) is 5.42. The van der Waals surface area contributed by atoms with Gasteiger partial charge in [-0.1, -0.05) is 31.5 Å². The van der Waals surface area contributed by atoms with E-state index in [0.717, 1.165) is 0 Å². The van der Waals surface area contributed by atoms with E-state index in [1.54, 1.807) is 0 Å². The molecule has 0 radical (unpaired) electrons. The molecule has 0 aliphatic heterocycles. The van der Waals surface area contributed by atoms with Gasteiger partial charge in [0.1, 0.15) is 0 Å². The maximum Gasteiger partial charge on any atom is 0.0484 e. The van der Waals surface area contributed by atoms with E-state index in [4.69, 9.17) is 0 Å². The fourth-order valence-electron chi connectivity index (χ4n) is 1.87. The van der Waals surface area contributed by atoms with E-state index in [1.807, 2.05) is 0 Å². The van der Waals surface area contributed by atoms with Crippen LogP contribution in [-0.4, -0.2) is 4.57 Å². The fourth-order valence-corrected chi connectivity index (χ4v) is 1.87. The number of aryl methyl sites for hydroxylation is 1. The van der Waals surface area contributed by atoms with E-state index in [9.17, 15) is 0 Å². The second kappa shape index (κ2) is 3.93. The molecule has 2 rings (SSSR count). The van der Waals surface area contributed by atoms with Crippen molar-refractivity contribution in [3.8, 4) is 5.69 Å². The molecule has 0 atom stereocenters. The van der Waals surface area contributed by atoms with Crippen LogP contribution in [0.3, 0.4) is 0 Å². The lowest BCUT2D eigenvalue weighted by molar-refractivity contribution is 0.845. The molecule has 1 aromatic carbocycles. The van der Waals surface area contributed by atoms with Gasteiger partial charge in [-0.25, -0.2) is 0 Å². The minimum absolute atomic E-state index is 0.558. The largest absolute Gasteiger partial charge is 0.324 e. The predicted octanol–water partition coefficient (Wildman–Crippen LogP) is 3.91. The molecule has 0 N–H and O–H groups in total. The highest BCUT2D eigenvalue weighted by Gasteiger charge is 2.07. The molecule has 0 amide bonds. The zero-order chi connectivity index (χ0) is 10.8. The van der Waals surface area contributed by atoms with Gasteiger partial charge in [-0.3, -0.25) is 0 Å². The first kappa shape index (κ1) is 10.0. The molecule has 0 fully saturated rings. The van der Waals surface area contributed by atoms with Crippen molar-refractivity contribution in [1.82, 2.24) is 4.57 Å². The van der Waals surface area contributed by atoms with Crippen molar-refractivity contribution in [2.24, 2.45) is 0 Å². The molecule has 1 heteroatoms. The quantitative estimate of drug-likeness (QED) is 0.691. The molecule has 15 heavy (non-hydrogen) atoms. The molecule has 0 saturated carbocycles. The Morgan fingerprint density at radius 3 is 2.33 bits per heavy atom. The zero-order valence-electron chi connectivity index (χ0n) is 9.57. The van der Waals surface area contributed by atoms with Crippen molar-refractivity contribution in [3.63, 3.8) is 0 Å². The van der Waals surface area contributed by atoms with Gasteiger partial charge >= 0.3 is 0 Å². The van der Waals surface area contributed by atoms with Crippen LogP contribution in [0.5, 0.6) is 0 Å². The van der Waals surface area contributed by atoms with Crippen LogP contribution in [0.1, 0.15) is 30.9 Å². The van der Waals surface area contributed by atoms with Gasteiger partial charge in [-0.2, -0.15) is 0 Å². The Bertz CT molecular complexity index is 438. The first-order chi connectivity index (χ1) is 7.18. The minimum atomic E-state index is 0.558. The van der Waals surface area contributed by atoms with Gasteiger partial charge in [0, 0.05) is 18.1 Å². The van der Waals surface area contributed by atoms with Crippen LogP contribution in [0.2, 0.25) is 0 Å². The molecule has 1 heterocycles. The Morgan fingerprint density at radius 1 is 1.07 bits per heavy atom. The molecule has 1 aromatic heterocycles. The molecule has 0 aliphatic carbocycles. The highest BCUT2D eigenvalue weighted by Crippen LogP contribution is 2.24. The number of aromatic nitrogens is 1. The minimum Gasteiger partial charge on any atom is -0.324 e. The molecular formula is C14H17N. The summed E-state index contributed by atoms with van der Waals surface area (Å²) in [5, 5.41) is 0. The summed E-state index contributed by atoms with van der Waals surface area (Å²) in [6.45, 7) is 6.62. The summed E-state index contributed by atoms with van der Waals surface area (Å²) in [7, 11) is 0. The van der Waals surface area contributed by atoms with Crippen LogP contribution in [0, 0.1) is 6.92 Å². The van der Waals surface area contributed by atoms with Gasteiger partial charge in [0.05, 0.1) is 0 Å². The van der Waals surface area contributed by atoms with Gasteiger partial charge in [0.2, 0.25) is 0 Å². The SMILES string of the molecule is Cc1ccc(-n2cccc2)c(C(C)C)c1. The topological polar surface area (TPSA) is 4.93 Å². The van der Waals surface area contributed by atoms with E-state index in [0.29, 0.717) is 5.92 Å². The van der Waals surface area contributed by atoms with Gasteiger partial charge in [0.15, 0.2) is 0 Å². The van der Waals surface area contributed by atoms with Gasteiger partial charge in [-0.15, -0.1) is 0 Å². The standard InChI is InChI=1S/C14H17N/c1-11(2)13-10-12(3)6-7-14(13)15-8-4-5-9-15/h4-11H,1-3H3. The van der Waals surface area contributed by atoms with Crippen molar-refractivity contribution in [2.45, 2.75) is 26.7 Å². The van der Waals surface area contributed by atoms with Crippen LogP contribution >= 0.6 is 0 Å². The number of nitrogens with zero attached hydrogens (tertiary/aromatic N) is 1. The lowest BCUT2D eigenvalue weighted by Gasteiger charge is -2.14. The van der Waals surface area contributed by atoms with Crippen molar-refractivity contribution in [2.75, 3.05) is 0 Å². The summed E-state index contributed by atoms with van der Waals surface area (Å²) in [5.41, 5.74) is 4.03. The predicted molar refractivity (Wildman–Crippen MR) is 64.6 cm³/mol. The summed E-state index contributed by atoms with van der Waals surface area (Å²) in [5.74, 6) is 0.558. The Kier molecular flexibility index (Phi) is 2.63. The number of benzene rings is 1.